The van der Waals surface area contributed by atoms with Gasteiger partial charge in [-0.1, -0.05) is 13.8 Å². The molecule has 1 amide bonds. The van der Waals surface area contributed by atoms with E-state index in [1.54, 1.807) is 37.3 Å². The van der Waals surface area contributed by atoms with Crippen LogP contribution in [0.4, 0.5) is 5.69 Å². The highest BCUT2D eigenvalue weighted by Gasteiger charge is 2.16. The molecule has 0 saturated heterocycles. The third-order valence-electron chi connectivity index (χ3n) is 3.95. The summed E-state index contributed by atoms with van der Waals surface area (Å²) in [4.78, 5) is 12.3. The van der Waals surface area contributed by atoms with E-state index in [0.717, 1.165) is 5.75 Å². The lowest BCUT2D eigenvalue weighted by Crippen LogP contribution is -2.27. The molecule has 0 unspecified atom stereocenters. The zero-order chi connectivity index (χ0) is 21.4. The van der Waals surface area contributed by atoms with Crippen LogP contribution in [0, 0.1) is 12.8 Å². The molecule has 8 heteroatoms. The zero-order valence-electron chi connectivity index (χ0n) is 17.2. The van der Waals surface area contributed by atoms with Crippen LogP contribution in [0.2, 0.25) is 0 Å². The number of hydrogen-bond donors (Lipinski definition) is 2. The third-order valence-corrected chi connectivity index (χ3v) is 5.37. The molecule has 0 spiro atoms. The van der Waals surface area contributed by atoms with E-state index in [9.17, 15) is 13.2 Å². The van der Waals surface area contributed by atoms with Crippen molar-refractivity contribution in [2.45, 2.75) is 32.6 Å². The first-order chi connectivity index (χ1) is 13.7. The van der Waals surface area contributed by atoms with Gasteiger partial charge in [0.2, 0.25) is 10.0 Å². The van der Waals surface area contributed by atoms with Gasteiger partial charge in [0.25, 0.3) is 5.91 Å². The number of ether oxygens (including phenoxy) is 2. The summed E-state index contributed by atoms with van der Waals surface area (Å²) in [7, 11) is -3.57. The van der Waals surface area contributed by atoms with Gasteiger partial charge in [0.1, 0.15) is 11.5 Å². The summed E-state index contributed by atoms with van der Waals surface area (Å²) in [6.45, 7) is 8.26. The van der Waals surface area contributed by atoms with Crippen molar-refractivity contribution < 1.29 is 22.7 Å². The van der Waals surface area contributed by atoms with E-state index < -0.39 is 10.0 Å². The fraction of sp³-hybridized carbons (Fsp3) is 0.381. The first-order valence-electron chi connectivity index (χ1n) is 9.47. The van der Waals surface area contributed by atoms with Gasteiger partial charge in [-0.05, 0) is 67.8 Å². The Hall–Kier alpha value is -2.58. The summed E-state index contributed by atoms with van der Waals surface area (Å²) in [5.74, 6) is 1.08. The van der Waals surface area contributed by atoms with Gasteiger partial charge in [-0.2, -0.15) is 0 Å². The topological polar surface area (TPSA) is 93.7 Å². The molecule has 2 aromatic rings. The highest BCUT2D eigenvalue weighted by atomic mass is 32.2. The van der Waals surface area contributed by atoms with Gasteiger partial charge >= 0.3 is 0 Å². The second kappa shape index (κ2) is 10.3. The molecule has 0 aliphatic rings. The molecule has 2 aromatic carbocycles. The Morgan fingerprint density at radius 2 is 1.76 bits per heavy atom. The number of rotatable bonds is 10. The van der Waals surface area contributed by atoms with Crippen LogP contribution in [-0.4, -0.2) is 34.1 Å². The molecule has 7 nitrogen and oxygen atoms in total. The molecular formula is C21H28N2O5S. The Morgan fingerprint density at radius 1 is 1.07 bits per heavy atom. The van der Waals surface area contributed by atoms with E-state index in [-0.39, 0.29) is 23.3 Å². The normalized spacial score (nSPS) is 11.3. The van der Waals surface area contributed by atoms with Crippen molar-refractivity contribution in [1.29, 1.82) is 0 Å². The van der Waals surface area contributed by atoms with E-state index >= 15 is 0 Å². The van der Waals surface area contributed by atoms with E-state index in [1.807, 2.05) is 20.8 Å². The lowest BCUT2D eigenvalue weighted by molar-refractivity contribution is -0.118. The number of sulfonamides is 1. The minimum Gasteiger partial charge on any atom is -0.494 e. The molecule has 0 bridgehead atoms. The molecule has 2 rings (SSSR count). The van der Waals surface area contributed by atoms with Gasteiger partial charge in [-0.25, -0.2) is 13.1 Å². The Kier molecular flexibility index (Phi) is 8.04. The van der Waals surface area contributed by atoms with Crippen LogP contribution in [0.1, 0.15) is 26.3 Å². The smallest absolute Gasteiger partial charge is 0.262 e. The Labute approximate surface area is 172 Å². The van der Waals surface area contributed by atoms with Crippen LogP contribution in [0.3, 0.4) is 0 Å². The van der Waals surface area contributed by atoms with Crippen molar-refractivity contribution in [3.05, 3.63) is 48.0 Å². The monoisotopic (exact) mass is 420 g/mol. The molecule has 0 atom stereocenters. The SMILES string of the molecule is CCOc1ccc(NC(=O)COc2ccc(S(=O)(=O)NCC(C)C)cc2C)cc1. The van der Waals surface area contributed by atoms with E-state index in [4.69, 9.17) is 9.47 Å². The summed E-state index contributed by atoms with van der Waals surface area (Å²) < 4.78 is 38.1. The number of anilines is 1. The average molecular weight is 421 g/mol. The van der Waals surface area contributed by atoms with Crippen LogP contribution in [0.15, 0.2) is 47.4 Å². The Morgan fingerprint density at radius 3 is 2.34 bits per heavy atom. The standard InChI is InChI=1S/C21H28N2O5S/c1-5-27-18-8-6-17(7-9-18)23-21(24)14-28-20-11-10-19(12-16(20)4)29(25,26)22-13-15(2)3/h6-12,15,22H,5,13-14H2,1-4H3,(H,23,24). The van der Waals surface area contributed by atoms with Crippen molar-refractivity contribution in [2.24, 2.45) is 5.92 Å². The highest BCUT2D eigenvalue weighted by Crippen LogP contribution is 2.22. The van der Waals surface area contributed by atoms with Crippen LogP contribution < -0.4 is 19.5 Å². The quantitative estimate of drug-likeness (QED) is 0.615. The molecule has 0 radical (unpaired) electrons. The number of hydrogen-bond acceptors (Lipinski definition) is 5. The fourth-order valence-corrected chi connectivity index (χ4v) is 3.75. The number of nitrogens with one attached hydrogen (secondary N) is 2. The number of carbonyl (C=O) groups is 1. The Bertz CT molecular complexity index is 925. The van der Waals surface area contributed by atoms with Gasteiger partial charge < -0.3 is 14.8 Å². The lowest BCUT2D eigenvalue weighted by atomic mass is 10.2. The first kappa shape index (κ1) is 22.7. The summed E-state index contributed by atoms with van der Waals surface area (Å²) >= 11 is 0. The molecular weight excluding hydrogens is 392 g/mol. The van der Waals surface area contributed by atoms with E-state index in [0.29, 0.717) is 30.2 Å². The number of aryl methyl sites for hydroxylation is 1. The summed E-state index contributed by atoms with van der Waals surface area (Å²) in [6, 6.07) is 11.6. The molecule has 0 saturated carbocycles. The second-order valence-corrected chi connectivity index (χ2v) is 8.73. The number of carbonyl (C=O) groups excluding carboxylic acids is 1. The second-order valence-electron chi connectivity index (χ2n) is 6.97. The van der Waals surface area contributed by atoms with Crippen molar-refractivity contribution in [1.82, 2.24) is 4.72 Å². The molecule has 0 aromatic heterocycles. The van der Waals surface area contributed by atoms with Crippen molar-refractivity contribution in [3.8, 4) is 11.5 Å². The van der Waals surface area contributed by atoms with Crippen molar-refractivity contribution in [2.75, 3.05) is 25.1 Å². The fourth-order valence-electron chi connectivity index (χ4n) is 2.45. The predicted octanol–water partition coefficient (Wildman–Crippen LogP) is 3.35. The van der Waals surface area contributed by atoms with Crippen LogP contribution in [-0.2, 0) is 14.8 Å². The maximum absolute atomic E-state index is 12.3. The summed E-state index contributed by atoms with van der Waals surface area (Å²) in [5, 5.41) is 2.74. The largest absolute Gasteiger partial charge is 0.494 e. The third kappa shape index (κ3) is 7.07. The minimum absolute atomic E-state index is 0.168. The van der Waals surface area contributed by atoms with Gasteiger partial charge in [0.05, 0.1) is 11.5 Å². The summed E-state index contributed by atoms with van der Waals surface area (Å²) in [5.41, 5.74) is 1.27. The minimum atomic E-state index is -3.57. The molecule has 0 aliphatic carbocycles. The number of amides is 1. The van der Waals surface area contributed by atoms with Gasteiger partial charge in [-0.3, -0.25) is 4.79 Å². The van der Waals surface area contributed by atoms with Crippen molar-refractivity contribution in [3.63, 3.8) is 0 Å². The van der Waals surface area contributed by atoms with Gasteiger partial charge in [0, 0.05) is 12.2 Å². The van der Waals surface area contributed by atoms with Crippen LogP contribution in [0.25, 0.3) is 0 Å². The highest BCUT2D eigenvalue weighted by molar-refractivity contribution is 7.89. The molecule has 158 valence electrons. The number of benzene rings is 2. The van der Waals surface area contributed by atoms with Gasteiger partial charge in [0.15, 0.2) is 6.61 Å². The molecule has 0 fully saturated rings. The first-order valence-corrected chi connectivity index (χ1v) is 11.0. The zero-order valence-corrected chi connectivity index (χ0v) is 18.0. The van der Waals surface area contributed by atoms with Crippen LogP contribution >= 0.6 is 0 Å². The van der Waals surface area contributed by atoms with E-state index in [1.165, 1.54) is 12.1 Å². The molecule has 29 heavy (non-hydrogen) atoms. The predicted molar refractivity (Wildman–Crippen MR) is 113 cm³/mol. The Balaban J connectivity index is 1.94. The van der Waals surface area contributed by atoms with Gasteiger partial charge in [-0.15, -0.1) is 0 Å². The molecule has 0 aliphatic heterocycles. The van der Waals surface area contributed by atoms with E-state index in [2.05, 4.69) is 10.0 Å². The summed E-state index contributed by atoms with van der Waals surface area (Å²) in [6.07, 6.45) is 0. The molecule has 0 heterocycles. The van der Waals surface area contributed by atoms with Crippen LogP contribution in [0.5, 0.6) is 11.5 Å². The molecule has 2 N–H and O–H groups in total. The lowest BCUT2D eigenvalue weighted by Gasteiger charge is -2.13. The maximum atomic E-state index is 12.3. The maximum Gasteiger partial charge on any atom is 0.262 e. The van der Waals surface area contributed by atoms with Crippen molar-refractivity contribution >= 4 is 21.6 Å². The average Bonchev–Trinajstić information content (AvgIpc) is 2.67.